The number of unbranched alkanes of at least 4 members (excludes halogenated alkanes) is 5. The van der Waals surface area contributed by atoms with Crippen LogP contribution in [0.5, 0.6) is 0 Å². The lowest BCUT2D eigenvalue weighted by Gasteiger charge is -2.45. The van der Waals surface area contributed by atoms with Gasteiger partial charge in [-0.3, -0.25) is 9.59 Å². The fraction of sp³-hybridized carbons (Fsp3) is 0.958. The van der Waals surface area contributed by atoms with Gasteiger partial charge in [0.25, 0.3) is 0 Å². The molecule has 6 fully saturated rings. The van der Waals surface area contributed by atoms with Crippen LogP contribution < -0.4 is 10.6 Å². The first-order valence-electron chi connectivity index (χ1n) is 23.5. The first-order valence-corrected chi connectivity index (χ1v) is 23.5. The zero-order valence-electron chi connectivity index (χ0n) is 37.5. The van der Waals surface area contributed by atoms with Crippen molar-refractivity contribution in [3.63, 3.8) is 0 Å². The second-order valence-corrected chi connectivity index (χ2v) is 22.8. The van der Waals surface area contributed by atoms with Gasteiger partial charge in [-0.2, -0.15) is 0 Å². The van der Waals surface area contributed by atoms with E-state index in [0.717, 1.165) is 38.8 Å². The maximum atomic E-state index is 12.9. The predicted molar refractivity (Wildman–Crippen MR) is 224 cm³/mol. The minimum atomic E-state index is -0.108. The van der Waals surface area contributed by atoms with E-state index in [2.05, 4.69) is 66.0 Å². The van der Waals surface area contributed by atoms with Gasteiger partial charge in [0.2, 0.25) is 0 Å². The number of rotatable bonds is 19. The molecular formula is C48H84N2O6. The Morgan fingerprint density at radius 3 is 1.20 bits per heavy atom. The number of fused-ring (bicyclic) bond motifs is 6. The number of hydrogen-bond acceptors (Lipinski definition) is 8. The van der Waals surface area contributed by atoms with Crippen LogP contribution in [0.4, 0.5) is 0 Å². The Morgan fingerprint density at radius 1 is 0.500 bits per heavy atom. The number of nitrogens with one attached hydrogen (secondary N) is 2. The van der Waals surface area contributed by atoms with Crippen molar-refractivity contribution in [3.05, 3.63) is 0 Å². The molecule has 2 aliphatic heterocycles. The smallest absolute Gasteiger partial charge is 0.307 e. The highest BCUT2D eigenvalue weighted by Crippen LogP contribution is 2.61. The first-order chi connectivity index (χ1) is 26.4. The summed E-state index contributed by atoms with van der Waals surface area (Å²) >= 11 is 0. The molecule has 4 aliphatic carbocycles. The zero-order valence-corrected chi connectivity index (χ0v) is 37.5. The van der Waals surface area contributed by atoms with Crippen molar-refractivity contribution < 1.29 is 28.5 Å². The van der Waals surface area contributed by atoms with Gasteiger partial charge in [0, 0.05) is 12.1 Å². The molecule has 0 radical (unpaired) electrons. The number of hydrogen-bond donors (Lipinski definition) is 2. The Labute approximate surface area is 342 Å². The lowest BCUT2D eigenvalue weighted by atomic mass is 9.73. The minimum Gasteiger partial charge on any atom is -0.466 e. The predicted octanol–water partition coefficient (Wildman–Crippen LogP) is 9.66. The molecule has 0 bridgehead atoms. The van der Waals surface area contributed by atoms with Crippen molar-refractivity contribution in [3.8, 4) is 0 Å². The van der Waals surface area contributed by atoms with E-state index in [1.54, 1.807) is 0 Å². The van der Waals surface area contributed by atoms with E-state index < -0.39 is 0 Å². The van der Waals surface area contributed by atoms with Crippen molar-refractivity contribution in [2.45, 2.75) is 208 Å². The van der Waals surface area contributed by atoms with Gasteiger partial charge in [-0.25, -0.2) is 0 Å². The second kappa shape index (κ2) is 18.2. The number of carbonyl (C=O) groups excluding carboxylic acids is 2. The van der Waals surface area contributed by atoms with Crippen LogP contribution in [0.15, 0.2) is 0 Å². The topological polar surface area (TPSA) is 95.1 Å². The summed E-state index contributed by atoms with van der Waals surface area (Å²) in [6.07, 6.45) is 18.2. The van der Waals surface area contributed by atoms with E-state index in [-0.39, 0.29) is 36.2 Å². The lowest BCUT2D eigenvalue weighted by Crippen LogP contribution is -2.54. The molecule has 322 valence electrons. The van der Waals surface area contributed by atoms with Gasteiger partial charge in [-0.15, -0.1) is 0 Å². The van der Waals surface area contributed by atoms with Crippen molar-refractivity contribution in [1.82, 2.24) is 10.6 Å². The van der Waals surface area contributed by atoms with E-state index in [1.165, 1.54) is 64.2 Å². The van der Waals surface area contributed by atoms with Crippen molar-refractivity contribution >= 4 is 11.9 Å². The highest BCUT2D eigenvalue weighted by atomic mass is 16.5. The lowest BCUT2D eigenvalue weighted by molar-refractivity contribution is -0.155. The highest BCUT2D eigenvalue weighted by Gasteiger charge is 2.59. The molecule has 6 aliphatic rings. The summed E-state index contributed by atoms with van der Waals surface area (Å²) in [6.45, 7) is 25.8. The molecule has 8 nitrogen and oxygen atoms in total. The third kappa shape index (κ3) is 10.9. The molecule has 2 heterocycles. The molecular weight excluding hydrogens is 701 g/mol. The first kappa shape index (κ1) is 44.3. The van der Waals surface area contributed by atoms with Crippen LogP contribution >= 0.6 is 0 Å². The van der Waals surface area contributed by atoms with Crippen LogP contribution in [0.25, 0.3) is 0 Å². The number of esters is 2. The quantitative estimate of drug-likeness (QED) is 0.0989. The SMILES string of the molecule is CCOC(=O)CC(NCCCCCCCCNC(CC(=O)OCC)[C@H]1O[C@@H]2CC(C)(C)C[C@@H]2[C@H]2CC(C)(C)C[C@H]21)[C@H]1O[C@@H]2CC(C)(C)C[C@@H]2[C@H]2CC(C)(C)C[C@H]21. The number of carbonyl (C=O) groups is 2. The minimum absolute atomic E-state index is 0.00138. The molecule has 0 aromatic carbocycles. The molecule has 4 saturated carbocycles. The van der Waals surface area contributed by atoms with Crippen molar-refractivity contribution in [2.75, 3.05) is 26.3 Å². The highest BCUT2D eigenvalue weighted by molar-refractivity contribution is 5.70. The molecule has 0 aromatic rings. The van der Waals surface area contributed by atoms with Gasteiger partial charge < -0.3 is 29.6 Å². The molecule has 8 heteroatoms. The normalized spacial score (nSPS) is 36.9. The van der Waals surface area contributed by atoms with E-state index >= 15 is 0 Å². The van der Waals surface area contributed by atoms with E-state index in [1.807, 2.05) is 13.8 Å². The molecule has 2 N–H and O–H groups in total. The molecule has 12 atom stereocenters. The fourth-order valence-corrected chi connectivity index (χ4v) is 13.6. The Morgan fingerprint density at radius 2 is 0.821 bits per heavy atom. The molecule has 2 saturated heterocycles. The maximum absolute atomic E-state index is 12.9. The van der Waals surface area contributed by atoms with Crippen LogP contribution in [-0.2, 0) is 28.5 Å². The third-order valence-corrected chi connectivity index (χ3v) is 15.5. The molecule has 0 aromatic heterocycles. The van der Waals surface area contributed by atoms with E-state index in [0.29, 0.717) is 95.4 Å². The van der Waals surface area contributed by atoms with Crippen LogP contribution in [0, 0.1) is 57.2 Å². The van der Waals surface area contributed by atoms with Gasteiger partial charge in [0.1, 0.15) is 0 Å². The van der Waals surface area contributed by atoms with Crippen LogP contribution in [0.3, 0.4) is 0 Å². The summed E-state index contributed by atoms with van der Waals surface area (Å²) in [5.74, 6) is 3.45. The standard InChI is InChI=1S/C48H84N2O6/c1-11-53-41(51)21-37(43-35-27-45(3,4)23-31(35)33-25-47(7,8)29-39(33)55-43)49-19-17-15-13-14-16-18-20-50-38(22-42(52)54-12-2)44-36-28-46(5,6)24-32(36)34-26-48(9,10)30-40(34)56-44/h31-40,43-44,49-50H,11-30H2,1-10H3/t31-,32-,33-,34-,35-,36-,37?,38?,39-,40-,43+,44+/m1/s1. The van der Waals surface area contributed by atoms with Gasteiger partial charge in [-0.05, 0) is 148 Å². The van der Waals surface area contributed by atoms with Crippen LogP contribution in [0.2, 0.25) is 0 Å². The fourth-order valence-electron chi connectivity index (χ4n) is 13.6. The van der Waals surface area contributed by atoms with Gasteiger partial charge in [0.15, 0.2) is 0 Å². The van der Waals surface area contributed by atoms with Gasteiger partial charge in [-0.1, -0.05) is 81.1 Å². The number of ether oxygens (including phenoxy) is 4. The summed E-state index contributed by atoms with van der Waals surface area (Å²) in [5.41, 5.74) is 1.29. The summed E-state index contributed by atoms with van der Waals surface area (Å²) in [5, 5.41) is 7.70. The molecule has 2 unspecified atom stereocenters. The van der Waals surface area contributed by atoms with E-state index in [9.17, 15) is 9.59 Å². The summed E-state index contributed by atoms with van der Waals surface area (Å²) in [6, 6.07) is -0.00275. The summed E-state index contributed by atoms with van der Waals surface area (Å²) in [4.78, 5) is 25.8. The second-order valence-electron chi connectivity index (χ2n) is 22.8. The Kier molecular flexibility index (Phi) is 14.4. The maximum Gasteiger partial charge on any atom is 0.307 e. The van der Waals surface area contributed by atoms with Gasteiger partial charge in [0.05, 0.1) is 50.5 Å². The monoisotopic (exact) mass is 785 g/mol. The summed E-state index contributed by atoms with van der Waals surface area (Å²) < 4.78 is 25.1. The largest absolute Gasteiger partial charge is 0.466 e. The van der Waals surface area contributed by atoms with E-state index in [4.69, 9.17) is 18.9 Å². The van der Waals surface area contributed by atoms with Gasteiger partial charge >= 0.3 is 11.9 Å². The third-order valence-electron chi connectivity index (χ3n) is 15.5. The average molecular weight is 785 g/mol. The molecule has 6 rings (SSSR count). The average Bonchev–Trinajstić information content (AvgIpc) is 3.80. The Hall–Kier alpha value is -1.22. The Bertz CT molecular complexity index is 1210. The van der Waals surface area contributed by atoms with Crippen molar-refractivity contribution in [1.29, 1.82) is 0 Å². The molecule has 0 amide bonds. The van der Waals surface area contributed by atoms with Crippen LogP contribution in [0.1, 0.15) is 172 Å². The molecule has 56 heavy (non-hydrogen) atoms. The van der Waals surface area contributed by atoms with Crippen molar-refractivity contribution in [2.24, 2.45) is 57.2 Å². The van der Waals surface area contributed by atoms with Crippen LogP contribution in [-0.4, -0.2) is 74.7 Å². The zero-order chi connectivity index (χ0) is 40.5. The Balaban J connectivity index is 0.962. The summed E-state index contributed by atoms with van der Waals surface area (Å²) in [7, 11) is 0. The molecule has 0 spiro atoms.